The third-order valence-corrected chi connectivity index (χ3v) is 12.6. The number of rotatable bonds is 7. The topological polar surface area (TPSA) is 38.9 Å². The number of para-hydroxylation sites is 2. The highest BCUT2D eigenvalue weighted by Crippen LogP contribution is 2.58. The van der Waals surface area contributed by atoms with Crippen molar-refractivity contribution in [1.82, 2.24) is 9.97 Å². The van der Waals surface area contributed by atoms with Crippen LogP contribution < -0.4 is 0 Å². The molecule has 0 amide bonds. The van der Waals surface area contributed by atoms with E-state index in [1.807, 2.05) is 30.3 Å². The van der Waals surface area contributed by atoms with Gasteiger partial charge in [-0.25, -0.2) is 9.97 Å². The molecule has 0 unspecified atom stereocenters. The van der Waals surface area contributed by atoms with Crippen LogP contribution in [0.15, 0.2) is 235 Å². The molecule has 0 atom stereocenters. The van der Waals surface area contributed by atoms with Gasteiger partial charge in [-0.15, -0.1) is 0 Å². The van der Waals surface area contributed by atoms with Gasteiger partial charge in [0.2, 0.25) is 0 Å². The zero-order chi connectivity index (χ0) is 41.0. The molecule has 9 aromatic carbocycles. The van der Waals surface area contributed by atoms with E-state index in [1.165, 1.54) is 38.9 Å². The summed E-state index contributed by atoms with van der Waals surface area (Å²) in [6.45, 7) is 0. The second kappa shape index (κ2) is 14.5. The van der Waals surface area contributed by atoms with Crippen molar-refractivity contribution in [3.05, 3.63) is 253 Å². The number of hydrogen-bond acceptors (Lipinski definition) is 3. The first-order valence-corrected chi connectivity index (χ1v) is 21.2. The van der Waals surface area contributed by atoms with Gasteiger partial charge >= 0.3 is 0 Å². The number of aromatic nitrogens is 2. The summed E-state index contributed by atoms with van der Waals surface area (Å²) in [5.41, 5.74) is 18.0. The monoisotopic (exact) mass is 790 g/mol. The molecule has 0 saturated heterocycles. The van der Waals surface area contributed by atoms with Gasteiger partial charge in [0.05, 0.1) is 16.8 Å². The summed E-state index contributed by atoms with van der Waals surface area (Å²) in [6, 6.07) is 82.2. The quantitative estimate of drug-likeness (QED) is 0.161. The first-order chi connectivity index (χ1) is 30.8. The Hall–Kier alpha value is -8.14. The van der Waals surface area contributed by atoms with Gasteiger partial charge in [0.15, 0.2) is 5.82 Å². The van der Waals surface area contributed by atoms with Crippen LogP contribution in [0.5, 0.6) is 0 Å². The predicted molar refractivity (Wildman–Crippen MR) is 254 cm³/mol. The van der Waals surface area contributed by atoms with Crippen LogP contribution in [0.3, 0.4) is 0 Å². The van der Waals surface area contributed by atoms with Gasteiger partial charge in [0.1, 0.15) is 11.2 Å². The molecule has 1 aliphatic rings. The van der Waals surface area contributed by atoms with Crippen LogP contribution in [-0.4, -0.2) is 9.97 Å². The molecule has 290 valence electrons. The zero-order valence-corrected chi connectivity index (χ0v) is 33.7. The van der Waals surface area contributed by atoms with Gasteiger partial charge in [-0.1, -0.05) is 218 Å². The van der Waals surface area contributed by atoms with Gasteiger partial charge in [0, 0.05) is 33.0 Å². The molecule has 0 fully saturated rings. The molecule has 0 N–H and O–H groups in total. The Morgan fingerprint density at radius 3 is 1.63 bits per heavy atom. The van der Waals surface area contributed by atoms with Crippen LogP contribution >= 0.6 is 0 Å². The first-order valence-electron chi connectivity index (χ1n) is 21.2. The van der Waals surface area contributed by atoms with E-state index in [2.05, 4.69) is 200 Å². The highest BCUT2D eigenvalue weighted by Gasteiger charge is 2.46. The van der Waals surface area contributed by atoms with Crippen molar-refractivity contribution < 1.29 is 4.42 Å². The number of benzene rings is 9. The summed E-state index contributed by atoms with van der Waals surface area (Å²) in [5, 5.41) is 2.24. The Balaban J connectivity index is 1.03. The highest BCUT2D eigenvalue weighted by molar-refractivity contribution is 6.09. The average Bonchev–Trinajstić information content (AvgIpc) is 3.89. The maximum absolute atomic E-state index is 6.41. The Labute approximate surface area is 360 Å². The molecule has 0 saturated carbocycles. The van der Waals surface area contributed by atoms with Gasteiger partial charge < -0.3 is 4.42 Å². The second-order valence-electron chi connectivity index (χ2n) is 16.0. The number of hydrogen-bond donors (Lipinski definition) is 0. The molecule has 3 nitrogen and oxygen atoms in total. The lowest BCUT2D eigenvalue weighted by Gasteiger charge is -2.34. The van der Waals surface area contributed by atoms with Crippen molar-refractivity contribution in [2.24, 2.45) is 0 Å². The average molecular weight is 791 g/mol. The van der Waals surface area contributed by atoms with E-state index in [1.54, 1.807) is 0 Å². The minimum atomic E-state index is -0.496. The smallest absolute Gasteiger partial charge is 0.160 e. The number of furan rings is 1. The fourth-order valence-corrected chi connectivity index (χ4v) is 9.90. The Bertz CT molecular complexity index is 3400. The van der Waals surface area contributed by atoms with E-state index in [-0.39, 0.29) is 0 Å². The molecule has 2 heterocycles. The molecule has 62 heavy (non-hydrogen) atoms. The minimum Gasteiger partial charge on any atom is -0.455 e. The van der Waals surface area contributed by atoms with Crippen molar-refractivity contribution in [2.45, 2.75) is 5.41 Å². The van der Waals surface area contributed by atoms with Crippen molar-refractivity contribution in [1.29, 1.82) is 0 Å². The molecule has 0 bridgehead atoms. The molecule has 0 radical (unpaired) electrons. The Kier molecular flexibility index (Phi) is 8.39. The minimum absolute atomic E-state index is 0.496. The van der Waals surface area contributed by atoms with E-state index >= 15 is 0 Å². The van der Waals surface area contributed by atoms with Crippen LogP contribution in [0.4, 0.5) is 0 Å². The van der Waals surface area contributed by atoms with Gasteiger partial charge in [0.25, 0.3) is 0 Å². The molecule has 12 rings (SSSR count). The van der Waals surface area contributed by atoms with E-state index < -0.39 is 5.41 Å². The molecular weight excluding hydrogens is 753 g/mol. The van der Waals surface area contributed by atoms with Crippen LogP contribution in [-0.2, 0) is 5.41 Å². The van der Waals surface area contributed by atoms with E-state index in [0.29, 0.717) is 5.82 Å². The summed E-state index contributed by atoms with van der Waals surface area (Å²) in [4.78, 5) is 10.6. The van der Waals surface area contributed by atoms with Crippen LogP contribution in [0.1, 0.15) is 22.3 Å². The zero-order valence-electron chi connectivity index (χ0n) is 33.7. The van der Waals surface area contributed by atoms with Gasteiger partial charge in [-0.3, -0.25) is 0 Å². The third kappa shape index (κ3) is 5.59. The van der Waals surface area contributed by atoms with Crippen molar-refractivity contribution in [3.63, 3.8) is 0 Å². The van der Waals surface area contributed by atoms with Gasteiger partial charge in [-0.05, 0) is 62.2 Å². The summed E-state index contributed by atoms with van der Waals surface area (Å²) < 4.78 is 6.41. The molecule has 2 aromatic heterocycles. The summed E-state index contributed by atoms with van der Waals surface area (Å²) in [6.07, 6.45) is 0. The molecular formula is C59H38N2O. The van der Waals surface area contributed by atoms with Crippen molar-refractivity contribution in [2.75, 3.05) is 0 Å². The number of fused-ring (bicyclic) bond motifs is 6. The largest absolute Gasteiger partial charge is 0.455 e. The normalized spacial score (nSPS) is 12.6. The maximum atomic E-state index is 6.41. The lowest BCUT2D eigenvalue weighted by Crippen LogP contribution is -2.28. The van der Waals surface area contributed by atoms with Crippen molar-refractivity contribution in [3.8, 4) is 67.3 Å². The standard InChI is InChI=1S/C59H38N2O/c1-4-18-41(19-5-1)58-60-53(40-36-34-39(35-37-40)44-28-16-30-49-47-26-13-15-33-55(47)62-57(44)49)38-54(61-58)46-25-11-10-24-45(46)48-29-17-32-52-56(48)50-27-12-14-31-51(50)59(52,42-20-6-2-7-21-42)43-22-8-3-9-23-43/h1-38H. The highest BCUT2D eigenvalue weighted by atomic mass is 16.3. The summed E-state index contributed by atoms with van der Waals surface area (Å²) in [7, 11) is 0. The number of nitrogens with zero attached hydrogens (tertiary/aromatic N) is 2. The second-order valence-corrected chi connectivity index (χ2v) is 16.0. The predicted octanol–water partition coefficient (Wildman–Crippen LogP) is 15.1. The SMILES string of the molecule is c1ccc(-c2nc(-c3ccc(-c4cccc5c4oc4ccccc45)cc3)cc(-c3ccccc3-c3cccc4c3-c3ccccc3C4(c3ccccc3)c3ccccc3)n2)cc1. The summed E-state index contributed by atoms with van der Waals surface area (Å²) >= 11 is 0. The first kappa shape index (κ1) is 35.8. The lowest BCUT2D eigenvalue weighted by atomic mass is 9.67. The fourth-order valence-electron chi connectivity index (χ4n) is 9.90. The van der Waals surface area contributed by atoms with E-state index in [4.69, 9.17) is 14.4 Å². The molecule has 11 aromatic rings. The van der Waals surface area contributed by atoms with Crippen molar-refractivity contribution >= 4 is 21.9 Å². The molecule has 1 aliphatic carbocycles. The Morgan fingerprint density at radius 2 is 0.871 bits per heavy atom. The lowest BCUT2D eigenvalue weighted by molar-refractivity contribution is 0.670. The van der Waals surface area contributed by atoms with E-state index in [0.717, 1.165) is 66.7 Å². The van der Waals surface area contributed by atoms with Crippen LogP contribution in [0, 0.1) is 0 Å². The molecule has 3 heteroatoms. The summed E-state index contributed by atoms with van der Waals surface area (Å²) in [5.74, 6) is 0.680. The Morgan fingerprint density at radius 1 is 0.339 bits per heavy atom. The fraction of sp³-hybridized carbons (Fsp3) is 0.0169. The maximum Gasteiger partial charge on any atom is 0.160 e. The third-order valence-electron chi connectivity index (χ3n) is 12.6. The molecule has 0 aliphatic heterocycles. The van der Waals surface area contributed by atoms with Crippen LogP contribution in [0.2, 0.25) is 0 Å². The van der Waals surface area contributed by atoms with Crippen LogP contribution in [0.25, 0.3) is 89.2 Å². The van der Waals surface area contributed by atoms with E-state index in [9.17, 15) is 0 Å². The van der Waals surface area contributed by atoms with Gasteiger partial charge in [-0.2, -0.15) is 0 Å². The molecule has 0 spiro atoms.